The summed E-state index contributed by atoms with van der Waals surface area (Å²) in [6, 6.07) is 0. The van der Waals surface area contributed by atoms with Gasteiger partial charge in [0.1, 0.15) is 0 Å². The highest BCUT2D eigenvalue weighted by atomic mass is 35.5. The van der Waals surface area contributed by atoms with Crippen molar-refractivity contribution in [1.82, 2.24) is 0 Å². The minimum absolute atomic E-state index is 0.0276. The quantitative estimate of drug-likeness (QED) is 0.700. The zero-order valence-corrected chi connectivity index (χ0v) is 15.6. The molecule has 0 radical (unpaired) electrons. The van der Waals surface area contributed by atoms with Gasteiger partial charge in [0.15, 0.2) is 5.78 Å². The third-order valence-corrected chi connectivity index (χ3v) is 8.55. The van der Waals surface area contributed by atoms with Crippen molar-refractivity contribution in [3.63, 3.8) is 0 Å². The van der Waals surface area contributed by atoms with E-state index >= 15 is 0 Å². The molecule has 2 unspecified atom stereocenters. The minimum atomic E-state index is -4.34. The van der Waals surface area contributed by atoms with Crippen molar-refractivity contribution in [3.8, 4) is 0 Å². The first kappa shape index (κ1) is 18.8. The van der Waals surface area contributed by atoms with Crippen LogP contribution in [0.4, 0.5) is 13.2 Å². The van der Waals surface area contributed by atoms with Crippen molar-refractivity contribution in [2.24, 2.45) is 35.0 Å². The van der Waals surface area contributed by atoms with Crippen molar-refractivity contribution in [1.29, 1.82) is 0 Å². The normalized spacial score (nSPS) is 41.5. The molecule has 0 spiro atoms. The van der Waals surface area contributed by atoms with Crippen LogP contribution in [-0.4, -0.2) is 23.7 Å². The molecular formula is C20H26ClF3O2. The second kappa shape index (κ2) is 6.51. The average Bonchev–Trinajstić information content (AvgIpc) is 3.01. The van der Waals surface area contributed by atoms with Crippen LogP contribution in [0.1, 0.15) is 57.8 Å². The first-order chi connectivity index (χ1) is 12.3. The Morgan fingerprint density at radius 1 is 1.12 bits per heavy atom. The van der Waals surface area contributed by atoms with E-state index in [1.165, 1.54) is 0 Å². The summed E-state index contributed by atoms with van der Waals surface area (Å²) >= 11 is 6.29. The third kappa shape index (κ3) is 2.68. The molecule has 0 aromatic carbocycles. The SMILES string of the molecule is O=C1CC[C@H]2C(=C1Cl)CC[C@@H]1[C@@H]2CCC2(C(CO)C(F)(F)F)CCC[C@@H]12. The summed E-state index contributed by atoms with van der Waals surface area (Å²) in [7, 11) is 0. The van der Waals surface area contributed by atoms with E-state index in [1.807, 2.05) is 0 Å². The lowest BCUT2D eigenvalue weighted by molar-refractivity contribution is -0.236. The Balaban J connectivity index is 1.66. The van der Waals surface area contributed by atoms with E-state index in [-0.39, 0.29) is 23.5 Å². The molecule has 2 nitrogen and oxygen atoms in total. The monoisotopic (exact) mass is 390 g/mol. The molecule has 146 valence electrons. The molecule has 6 atom stereocenters. The third-order valence-electron chi connectivity index (χ3n) is 8.10. The second-order valence-electron chi connectivity index (χ2n) is 8.82. The summed E-state index contributed by atoms with van der Waals surface area (Å²) in [5, 5.41) is 10.0. The maximum absolute atomic E-state index is 13.7. The van der Waals surface area contributed by atoms with Crippen molar-refractivity contribution in [2.45, 2.75) is 64.0 Å². The Kier molecular flexibility index (Phi) is 4.71. The lowest BCUT2D eigenvalue weighted by Crippen LogP contribution is -2.52. The molecule has 4 aliphatic rings. The largest absolute Gasteiger partial charge is 0.396 e. The standard InChI is InChI=1S/C20H26ClF3O2/c21-18-14-4-3-13-12(11(14)5-6-16(18)26)7-9-19(8-1-2-15(13)19)17(10-25)20(22,23)24/h11-13,15,17,25H,1-10H2/t11-,12-,13-,15+,17?,19?/m1/s1. The predicted octanol–water partition coefficient (Wildman–Crippen LogP) is 5.24. The topological polar surface area (TPSA) is 37.3 Å². The number of ketones is 1. The molecule has 1 N–H and O–H groups in total. The fraction of sp³-hybridized carbons (Fsp3) is 0.850. The van der Waals surface area contributed by atoms with Gasteiger partial charge in [0, 0.05) is 6.42 Å². The van der Waals surface area contributed by atoms with Crippen LogP contribution in [0.25, 0.3) is 0 Å². The lowest BCUT2D eigenvalue weighted by atomic mass is 9.49. The zero-order valence-electron chi connectivity index (χ0n) is 14.8. The van der Waals surface area contributed by atoms with Gasteiger partial charge >= 0.3 is 6.18 Å². The average molecular weight is 391 g/mol. The molecule has 0 saturated heterocycles. The molecule has 0 heterocycles. The number of halogens is 4. The van der Waals surface area contributed by atoms with E-state index in [1.54, 1.807) is 0 Å². The number of aliphatic hydroxyl groups is 1. The number of alkyl halides is 3. The number of rotatable bonds is 2. The van der Waals surface area contributed by atoms with Gasteiger partial charge in [-0.2, -0.15) is 13.2 Å². The molecule has 26 heavy (non-hydrogen) atoms. The van der Waals surface area contributed by atoms with Gasteiger partial charge in [0.25, 0.3) is 0 Å². The molecular weight excluding hydrogens is 365 g/mol. The van der Waals surface area contributed by atoms with Gasteiger partial charge in [-0.25, -0.2) is 0 Å². The first-order valence-corrected chi connectivity index (χ1v) is 10.3. The van der Waals surface area contributed by atoms with Gasteiger partial charge in [-0.05, 0) is 79.6 Å². The van der Waals surface area contributed by atoms with Crippen molar-refractivity contribution >= 4 is 17.4 Å². The molecule has 0 aliphatic heterocycles. The van der Waals surface area contributed by atoms with Crippen LogP contribution in [0.3, 0.4) is 0 Å². The fourth-order valence-corrected chi connectivity index (χ4v) is 7.49. The smallest absolute Gasteiger partial charge is 0.394 e. The Hall–Kier alpha value is -0.550. The van der Waals surface area contributed by atoms with E-state index < -0.39 is 24.1 Å². The molecule has 0 aromatic heterocycles. The Morgan fingerprint density at radius 3 is 2.58 bits per heavy atom. The molecule has 0 amide bonds. The summed E-state index contributed by atoms with van der Waals surface area (Å²) in [5.41, 5.74) is 0.285. The Bertz CT molecular complexity index is 629. The predicted molar refractivity (Wildman–Crippen MR) is 92.5 cm³/mol. The first-order valence-electron chi connectivity index (χ1n) is 9.89. The molecule has 0 aromatic rings. The molecule has 3 fully saturated rings. The number of hydrogen-bond acceptors (Lipinski definition) is 2. The van der Waals surface area contributed by atoms with Crippen LogP contribution in [0.5, 0.6) is 0 Å². The van der Waals surface area contributed by atoms with E-state index in [9.17, 15) is 23.1 Å². The number of carbonyl (C=O) groups excluding carboxylic acids is 1. The van der Waals surface area contributed by atoms with E-state index in [2.05, 4.69) is 0 Å². The Morgan fingerprint density at radius 2 is 1.88 bits per heavy atom. The van der Waals surface area contributed by atoms with Crippen LogP contribution in [0.2, 0.25) is 0 Å². The van der Waals surface area contributed by atoms with Gasteiger partial charge in [-0.1, -0.05) is 18.0 Å². The lowest BCUT2D eigenvalue weighted by Gasteiger charge is -2.56. The molecule has 3 saturated carbocycles. The molecule has 0 bridgehead atoms. The maximum Gasteiger partial charge on any atom is 0.394 e. The maximum atomic E-state index is 13.7. The van der Waals surface area contributed by atoms with Crippen molar-refractivity contribution in [3.05, 3.63) is 10.6 Å². The molecule has 4 rings (SSSR count). The van der Waals surface area contributed by atoms with Crippen LogP contribution in [0.15, 0.2) is 10.6 Å². The van der Waals surface area contributed by atoms with Crippen LogP contribution < -0.4 is 0 Å². The number of carbonyl (C=O) groups is 1. The van der Waals surface area contributed by atoms with Crippen molar-refractivity contribution < 1.29 is 23.1 Å². The van der Waals surface area contributed by atoms with Gasteiger partial charge in [-0.3, -0.25) is 4.79 Å². The van der Waals surface area contributed by atoms with Crippen LogP contribution in [0, 0.1) is 35.0 Å². The summed E-state index contributed by atoms with van der Waals surface area (Å²) in [4.78, 5) is 11.9. The fourth-order valence-electron chi connectivity index (χ4n) is 7.16. The van der Waals surface area contributed by atoms with Gasteiger partial charge < -0.3 is 5.11 Å². The summed E-state index contributed by atoms with van der Waals surface area (Å²) in [6.07, 6.45) is 2.06. The molecule has 4 aliphatic carbocycles. The van der Waals surface area contributed by atoms with Crippen LogP contribution >= 0.6 is 11.6 Å². The number of Topliss-reactive ketones (excluding diaryl/α,β-unsaturated/α-hetero) is 1. The van der Waals surface area contributed by atoms with Crippen LogP contribution in [-0.2, 0) is 4.79 Å². The summed E-state index contributed by atoms with van der Waals surface area (Å²) in [6.45, 7) is -0.799. The van der Waals surface area contributed by atoms with E-state index in [4.69, 9.17) is 11.6 Å². The van der Waals surface area contributed by atoms with Crippen molar-refractivity contribution in [2.75, 3.05) is 6.61 Å². The van der Waals surface area contributed by atoms with Gasteiger partial charge in [-0.15, -0.1) is 0 Å². The number of fused-ring (bicyclic) bond motifs is 5. The highest BCUT2D eigenvalue weighted by Crippen LogP contribution is 2.66. The van der Waals surface area contributed by atoms with Gasteiger partial charge in [0.2, 0.25) is 0 Å². The highest BCUT2D eigenvalue weighted by molar-refractivity contribution is 6.43. The number of allylic oxidation sites excluding steroid dienone is 1. The molecule has 6 heteroatoms. The van der Waals surface area contributed by atoms with E-state index in [0.717, 1.165) is 44.1 Å². The summed E-state index contributed by atoms with van der Waals surface area (Å²) < 4.78 is 41.1. The highest BCUT2D eigenvalue weighted by Gasteiger charge is 2.62. The van der Waals surface area contributed by atoms with E-state index in [0.29, 0.717) is 30.2 Å². The number of aliphatic hydroxyl groups excluding tert-OH is 1. The minimum Gasteiger partial charge on any atom is -0.396 e. The summed E-state index contributed by atoms with van der Waals surface area (Å²) in [5.74, 6) is -0.635. The van der Waals surface area contributed by atoms with Gasteiger partial charge in [0.05, 0.1) is 17.6 Å². The number of hydrogen-bond donors (Lipinski definition) is 1. The Labute approximate surface area is 157 Å². The zero-order chi connectivity index (χ0) is 18.7. The second-order valence-corrected chi connectivity index (χ2v) is 9.20.